The Balaban J connectivity index is 1.88. The number of carbonyl (C=O) groups excluding carboxylic acids is 2. The molecule has 2 amide bonds. The first-order chi connectivity index (χ1) is 12.0. The van der Waals surface area contributed by atoms with Gasteiger partial charge in [-0.15, -0.1) is 0 Å². The SMILES string of the molecule is CC(C)Oc1ccc(NC(=O)C(=O)NCc2ccccc2CO)cc1. The molecule has 0 aromatic heterocycles. The average Bonchev–Trinajstić information content (AvgIpc) is 2.61. The molecule has 2 aromatic carbocycles. The van der Waals surface area contributed by atoms with Crippen LogP contribution >= 0.6 is 0 Å². The fourth-order valence-electron chi connectivity index (χ4n) is 2.22. The standard InChI is InChI=1S/C19H22N2O4/c1-13(2)25-17-9-7-16(8-10-17)21-19(24)18(23)20-11-14-5-3-4-6-15(14)12-22/h3-10,13,22H,11-12H2,1-2H3,(H,20,23)(H,21,24). The van der Waals surface area contributed by atoms with E-state index in [0.717, 1.165) is 5.56 Å². The van der Waals surface area contributed by atoms with Gasteiger partial charge < -0.3 is 20.5 Å². The van der Waals surface area contributed by atoms with Crippen molar-refractivity contribution in [3.05, 3.63) is 59.7 Å². The highest BCUT2D eigenvalue weighted by atomic mass is 16.5. The zero-order valence-electron chi connectivity index (χ0n) is 14.3. The molecule has 0 heterocycles. The number of aliphatic hydroxyl groups is 1. The summed E-state index contributed by atoms with van der Waals surface area (Å²) < 4.78 is 5.52. The largest absolute Gasteiger partial charge is 0.491 e. The molecule has 3 N–H and O–H groups in total. The minimum atomic E-state index is -0.751. The second kappa shape index (κ2) is 8.84. The Morgan fingerprint density at radius 2 is 1.64 bits per heavy atom. The van der Waals surface area contributed by atoms with E-state index in [9.17, 15) is 14.7 Å². The summed E-state index contributed by atoms with van der Waals surface area (Å²) in [6, 6.07) is 14.0. The van der Waals surface area contributed by atoms with Gasteiger partial charge in [0.15, 0.2) is 0 Å². The van der Waals surface area contributed by atoms with E-state index in [2.05, 4.69) is 10.6 Å². The number of rotatable bonds is 6. The highest BCUT2D eigenvalue weighted by Crippen LogP contribution is 2.16. The van der Waals surface area contributed by atoms with Crippen molar-refractivity contribution in [2.75, 3.05) is 5.32 Å². The molecule has 0 aliphatic heterocycles. The molecule has 0 aliphatic rings. The summed E-state index contributed by atoms with van der Waals surface area (Å²) in [6.45, 7) is 3.90. The summed E-state index contributed by atoms with van der Waals surface area (Å²) in [5.41, 5.74) is 1.98. The number of aliphatic hydroxyl groups excluding tert-OH is 1. The molecule has 0 fully saturated rings. The summed E-state index contributed by atoms with van der Waals surface area (Å²) in [5, 5.41) is 14.3. The molecule has 0 spiro atoms. The third kappa shape index (κ3) is 5.61. The molecule has 0 atom stereocenters. The van der Waals surface area contributed by atoms with Crippen LogP contribution in [0.25, 0.3) is 0 Å². The molecule has 0 saturated carbocycles. The second-order valence-corrected chi connectivity index (χ2v) is 5.75. The minimum absolute atomic E-state index is 0.0630. The maximum atomic E-state index is 11.9. The van der Waals surface area contributed by atoms with Crippen LogP contribution < -0.4 is 15.4 Å². The normalized spacial score (nSPS) is 10.4. The number of benzene rings is 2. The summed E-state index contributed by atoms with van der Waals surface area (Å²) in [7, 11) is 0. The van der Waals surface area contributed by atoms with Crippen LogP contribution in [0.15, 0.2) is 48.5 Å². The highest BCUT2D eigenvalue weighted by Gasteiger charge is 2.14. The first kappa shape index (κ1) is 18.5. The molecule has 6 nitrogen and oxygen atoms in total. The van der Waals surface area contributed by atoms with Crippen LogP contribution in [0.3, 0.4) is 0 Å². The van der Waals surface area contributed by atoms with Gasteiger partial charge in [-0.2, -0.15) is 0 Å². The molecule has 0 aliphatic carbocycles. The lowest BCUT2D eigenvalue weighted by atomic mass is 10.1. The minimum Gasteiger partial charge on any atom is -0.491 e. The maximum Gasteiger partial charge on any atom is 0.313 e. The number of nitrogens with one attached hydrogen (secondary N) is 2. The molecule has 0 bridgehead atoms. The zero-order valence-corrected chi connectivity index (χ0v) is 14.3. The third-order valence-electron chi connectivity index (χ3n) is 3.42. The van der Waals surface area contributed by atoms with Crippen LogP contribution in [0.5, 0.6) is 5.75 Å². The number of amides is 2. The van der Waals surface area contributed by atoms with Gasteiger partial charge in [-0.05, 0) is 49.2 Å². The highest BCUT2D eigenvalue weighted by molar-refractivity contribution is 6.39. The molecule has 0 radical (unpaired) electrons. The molecular weight excluding hydrogens is 320 g/mol. The van der Waals surface area contributed by atoms with Gasteiger partial charge in [0.05, 0.1) is 12.7 Å². The Labute approximate surface area is 146 Å². The number of carbonyl (C=O) groups is 2. The van der Waals surface area contributed by atoms with Gasteiger partial charge in [0.1, 0.15) is 5.75 Å². The number of hydrogen-bond acceptors (Lipinski definition) is 4. The van der Waals surface area contributed by atoms with Crippen LogP contribution in [-0.2, 0) is 22.7 Å². The van der Waals surface area contributed by atoms with Gasteiger partial charge in [0, 0.05) is 12.2 Å². The van der Waals surface area contributed by atoms with Crippen LogP contribution in [0.2, 0.25) is 0 Å². The van der Waals surface area contributed by atoms with Crippen LogP contribution in [0.1, 0.15) is 25.0 Å². The smallest absolute Gasteiger partial charge is 0.313 e. The lowest BCUT2D eigenvalue weighted by Gasteiger charge is -2.11. The second-order valence-electron chi connectivity index (χ2n) is 5.75. The van der Waals surface area contributed by atoms with Gasteiger partial charge in [-0.3, -0.25) is 9.59 Å². The summed E-state index contributed by atoms with van der Waals surface area (Å²) >= 11 is 0. The third-order valence-corrected chi connectivity index (χ3v) is 3.42. The van der Waals surface area contributed by atoms with E-state index >= 15 is 0 Å². The van der Waals surface area contributed by atoms with E-state index in [-0.39, 0.29) is 19.3 Å². The van der Waals surface area contributed by atoms with Gasteiger partial charge in [0.2, 0.25) is 0 Å². The van der Waals surface area contributed by atoms with Crippen molar-refractivity contribution in [3.63, 3.8) is 0 Å². The zero-order chi connectivity index (χ0) is 18.2. The van der Waals surface area contributed by atoms with Crippen LogP contribution in [-0.4, -0.2) is 23.0 Å². The van der Waals surface area contributed by atoms with Crippen molar-refractivity contribution in [1.29, 1.82) is 0 Å². The van der Waals surface area contributed by atoms with Gasteiger partial charge in [0.25, 0.3) is 0 Å². The van der Waals surface area contributed by atoms with Gasteiger partial charge in [-0.1, -0.05) is 24.3 Å². The maximum absolute atomic E-state index is 11.9. The predicted molar refractivity (Wildman–Crippen MR) is 95.0 cm³/mol. The monoisotopic (exact) mass is 342 g/mol. The molecule has 2 rings (SSSR count). The van der Waals surface area contributed by atoms with Crippen molar-refractivity contribution in [2.24, 2.45) is 0 Å². The number of hydrogen-bond donors (Lipinski definition) is 3. The number of ether oxygens (including phenoxy) is 1. The van der Waals surface area contributed by atoms with Crippen molar-refractivity contribution >= 4 is 17.5 Å². The Morgan fingerprint density at radius 1 is 1.00 bits per heavy atom. The molecule has 0 saturated heterocycles. The Hall–Kier alpha value is -2.86. The lowest BCUT2D eigenvalue weighted by molar-refractivity contribution is -0.136. The van der Waals surface area contributed by atoms with E-state index < -0.39 is 11.8 Å². The first-order valence-corrected chi connectivity index (χ1v) is 8.03. The first-order valence-electron chi connectivity index (χ1n) is 8.03. The lowest BCUT2D eigenvalue weighted by Crippen LogP contribution is -2.35. The van der Waals surface area contributed by atoms with Gasteiger partial charge >= 0.3 is 11.8 Å². The Morgan fingerprint density at radius 3 is 2.24 bits per heavy atom. The van der Waals surface area contributed by atoms with Crippen molar-refractivity contribution < 1.29 is 19.4 Å². The molecule has 2 aromatic rings. The van der Waals surface area contributed by atoms with Gasteiger partial charge in [-0.25, -0.2) is 0 Å². The van der Waals surface area contributed by atoms with Crippen LogP contribution in [0.4, 0.5) is 5.69 Å². The van der Waals surface area contributed by atoms with Crippen molar-refractivity contribution in [1.82, 2.24) is 5.32 Å². The Bertz CT molecular complexity index is 726. The Kier molecular flexibility index (Phi) is 6.54. The molecule has 0 unspecified atom stereocenters. The van der Waals surface area contributed by atoms with Crippen molar-refractivity contribution in [3.8, 4) is 5.75 Å². The van der Waals surface area contributed by atoms with E-state index in [0.29, 0.717) is 17.0 Å². The average molecular weight is 342 g/mol. The predicted octanol–water partition coefficient (Wildman–Crippen LogP) is 2.22. The van der Waals surface area contributed by atoms with Crippen LogP contribution in [0, 0.1) is 0 Å². The topological polar surface area (TPSA) is 87.7 Å². The molecule has 25 heavy (non-hydrogen) atoms. The number of anilines is 1. The quantitative estimate of drug-likeness (QED) is 0.703. The van der Waals surface area contributed by atoms with Crippen molar-refractivity contribution in [2.45, 2.75) is 33.1 Å². The summed E-state index contributed by atoms with van der Waals surface area (Å²) in [5.74, 6) is -0.799. The molecule has 6 heteroatoms. The fourth-order valence-corrected chi connectivity index (χ4v) is 2.22. The summed E-state index contributed by atoms with van der Waals surface area (Å²) in [6.07, 6.45) is 0.0630. The molecular formula is C19H22N2O4. The molecule has 132 valence electrons. The fraction of sp³-hybridized carbons (Fsp3) is 0.263. The van der Waals surface area contributed by atoms with E-state index in [1.165, 1.54) is 0 Å². The van der Waals surface area contributed by atoms with E-state index in [1.807, 2.05) is 19.9 Å². The van der Waals surface area contributed by atoms with E-state index in [1.54, 1.807) is 42.5 Å². The van der Waals surface area contributed by atoms with E-state index in [4.69, 9.17) is 4.74 Å². The summed E-state index contributed by atoms with van der Waals surface area (Å²) in [4.78, 5) is 23.9.